The molecule has 5 rings (SSSR count). The highest BCUT2D eigenvalue weighted by Gasteiger charge is 2.48. The van der Waals surface area contributed by atoms with Crippen LogP contribution in [0, 0.1) is 11.8 Å². The number of carbonyl (C=O) groups excluding carboxylic acids is 4. The molecule has 6 nitrogen and oxygen atoms in total. The molecule has 0 unspecified atom stereocenters. The minimum absolute atomic E-state index is 0.0432. The van der Waals surface area contributed by atoms with E-state index in [1.54, 1.807) is 55.5 Å². The molecule has 0 bridgehead atoms. The van der Waals surface area contributed by atoms with Crippen molar-refractivity contribution in [3.8, 4) is 0 Å². The van der Waals surface area contributed by atoms with Crippen LogP contribution in [0.15, 0.2) is 71.3 Å². The van der Waals surface area contributed by atoms with E-state index in [2.05, 4.69) is 0 Å². The van der Waals surface area contributed by atoms with Crippen molar-refractivity contribution in [2.45, 2.75) is 19.8 Å². The third-order valence-electron chi connectivity index (χ3n) is 6.35. The van der Waals surface area contributed by atoms with Crippen LogP contribution in [0.1, 0.15) is 19.8 Å². The zero-order chi connectivity index (χ0) is 23.4. The average Bonchev–Trinajstić information content (AvgIpc) is 3.22. The van der Waals surface area contributed by atoms with Gasteiger partial charge in [0.1, 0.15) is 0 Å². The molecule has 2 aliphatic heterocycles. The van der Waals surface area contributed by atoms with Gasteiger partial charge in [-0.05, 0) is 73.4 Å². The summed E-state index contributed by atoms with van der Waals surface area (Å²) in [7, 11) is 0. The lowest BCUT2D eigenvalue weighted by atomic mass is 9.78. The van der Waals surface area contributed by atoms with Gasteiger partial charge in [0.25, 0.3) is 11.8 Å². The van der Waals surface area contributed by atoms with Crippen molar-refractivity contribution in [2.75, 3.05) is 9.80 Å². The number of halogens is 2. The fourth-order valence-electron chi connectivity index (χ4n) is 4.80. The van der Waals surface area contributed by atoms with E-state index in [0.717, 1.165) is 4.90 Å². The van der Waals surface area contributed by atoms with Gasteiger partial charge in [0.15, 0.2) is 0 Å². The molecule has 33 heavy (non-hydrogen) atoms. The first kappa shape index (κ1) is 21.6. The molecule has 0 radical (unpaired) electrons. The zero-order valence-corrected chi connectivity index (χ0v) is 19.1. The highest BCUT2D eigenvalue weighted by molar-refractivity contribution is 6.35. The van der Waals surface area contributed by atoms with Crippen LogP contribution in [0.5, 0.6) is 0 Å². The van der Waals surface area contributed by atoms with Crippen LogP contribution in [0.3, 0.4) is 0 Å². The fraction of sp³-hybridized carbons (Fsp3) is 0.200. The molecule has 0 N–H and O–H groups in total. The second kappa shape index (κ2) is 7.97. The lowest BCUT2D eigenvalue weighted by Gasteiger charge is -2.24. The lowest BCUT2D eigenvalue weighted by Crippen LogP contribution is -2.33. The van der Waals surface area contributed by atoms with E-state index in [0.29, 0.717) is 38.1 Å². The fourth-order valence-corrected chi connectivity index (χ4v) is 5.06. The van der Waals surface area contributed by atoms with Crippen molar-refractivity contribution in [2.24, 2.45) is 11.8 Å². The summed E-state index contributed by atoms with van der Waals surface area (Å²) in [6.07, 6.45) is 2.11. The first-order valence-corrected chi connectivity index (χ1v) is 11.2. The summed E-state index contributed by atoms with van der Waals surface area (Å²) in [5.74, 6) is -2.37. The Morgan fingerprint density at radius 1 is 0.758 bits per heavy atom. The predicted octanol–water partition coefficient (Wildman–Crippen LogP) is 4.71. The maximum absolute atomic E-state index is 13.2. The maximum atomic E-state index is 13.2. The largest absolute Gasteiger partial charge is 0.274 e. The number of rotatable bonds is 3. The Morgan fingerprint density at radius 2 is 1.30 bits per heavy atom. The Hall–Kier alpha value is -3.22. The summed E-state index contributed by atoms with van der Waals surface area (Å²) in [5.41, 5.74) is 2.30. The normalized spacial score (nSPS) is 22.9. The number of hydrogen-bond acceptors (Lipinski definition) is 4. The van der Waals surface area contributed by atoms with Crippen LogP contribution >= 0.6 is 23.2 Å². The Labute approximate surface area is 200 Å². The van der Waals surface area contributed by atoms with Crippen molar-refractivity contribution in [1.82, 2.24) is 0 Å². The average molecular weight is 481 g/mol. The smallest absolute Gasteiger partial charge is 0.266 e. The van der Waals surface area contributed by atoms with Crippen molar-refractivity contribution < 1.29 is 19.2 Å². The number of nitrogens with zero attached hydrogens (tertiary/aromatic N) is 2. The quantitative estimate of drug-likeness (QED) is 0.596. The van der Waals surface area contributed by atoms with E-state index in [4.69, 9.17) is 23.2 Å². The number of benzene rings is 2. The number of anilines is 2. The molecule has 8 heteroatoms. The third kappa shape index (κ3) is 3.50. The summed E-state index contributed by atoms with van der Waals surface area (Å²) < 4.78 is 0. The Balaban J connectivity index is 1.42. The molecule has 0 spiro atoms. The first-order chi connectivity index (χ1) is 15.8. The van der Waals surface area contributed by atoms with Crippen molar-refractivity contribution in [1.29, 1.82) is 0 Å². The molecule has 3 aliphatic rings. The summed E-state index contributed by atoms with van der Waals surface area (Å²) in [6.45, 7) is 1.76. The number of carbonyl (C=O) groups is 4. The Kier molecular flexibility index (Phi) is 5.22. The predicted molar refractivity (Wildman–Crippen MR) is 125 cm³/mol. The van der Waals surface area contributed by atoms with E-state index in [-0.39, 0.29) is 36.5 Å². The highest BCUT2D eigenvalue weighted by atomic mass is 35.5. The molecule has 1 saturated heterocycles. The lowest BCUT2D eigenvalue weighted by molar-refractivity contribution is -0.123. The second-order valence-corrected chi connectivity index (χ2v) is 9.22. The van der Waals surface area contributed by atoms with Gasteiger partial charge in [-0.1, -0.05) is 29.3 Å². The van der Waals surface area contributed by atoms with E-state index in [1.807, 2.05) is 6.08 Å². The number of hydrogen-bond donors (Lipinski definition) is 0. The molecule has 2 heterocycles. The van der Waals surface area contributed by atoms with Gasteiger partial charge >= 0.3 is 0 Å². The van der Waals surface area contributed by atoms with Gasteiger partial charge in [-0.2, -0.15) is 0 Å². The molecule has 1 fully saturated rings. The Bertz CT molecular complexity index is 1280. The van der Waals surface area contributed by atoms with E-state index >= 15 is 0 Å². The maximum Gasteiger partial charge on any atom is 0.266 e. The summed E-state index contributed by atoms with van der Waals surface area (Å²) in [4.78, 5) is 54.6. The molecule has 1 aliphatic carbocycles. The van der Waals surface area contributed by atoms with Crippen molar-refractivity contribution in [3.63, 3.8) is 0 Å². The molecule has 0 saturated carbocycles. The van der Waals surface area contributed by atoms with Crippen LogP contribution in [0.2, 0.25) is 10.0 Å². The zero-order valence-electron chi connectivity index (χ0n) is 17.5. The summed E-state index contributed by atoms with van der Waals surface area (Å²) >= 11 is 11.9. The highest BCUT2D eigenvalue weighted by Crippen LogP contribution is 2.43. The van der Waals surface area contributed by atoms with Crippen molar-refractivity contribution >= 4 is 58.2 Å². The van der Waals surface area contributed by atoms with Gasteiger partial charge in [0.05, 0.1) is 22.9 Å². The first-order valence-electron chi connectivity index (χ1n) is 10.4. The van der Waals surface area contributed by atoms with E-state index in [9.17, 15) is 19.2 Å². The molecule has 2 aromatic carbocycles. The molecule has 0 aromatic heterocycles. The van der Waals surface area contributed by atoms with E-state index < -0.39 is 11.8 Å². The minimum atomic E-state index is -0.607. The second-order valence-electron chi connectivity index (χ2n) is 8.35. The molecular weight excluding hydrogens is 463 g/mol. The SMILES string of the molecule is CC1=C[C@H]([C@H]2CC(=O)N(c3ccc(Cl)cc3)C2=O)CC2=C1C(=O)N(c1ccc(Cl)cc1)C2=O. The third-order valence-corrected chi connectivity index (χ3v) is 6.85. The number of allylic oxidation sites excluding steroid dienone is 1. The number of imide groups is 2. The van der Waals surface area contributed by atoms with Crippen molar-refractivity contribution in [3.05, 3.63) is 81.4 Å². The minimum Gasteiger partial charge on any atom is -0.274 e. The van der Waals surface area contributed by atoms with E-state index in [1.165, 1.54) is 4.90 Å². The molecule has 2 aromatic rings. The standard InChI is InChI=1S/C25H18Cl2N2O4/c1-13-10-14(19-12-21(30)28(23(19)31)17-6-2-15(26)3-7-17)11-20-22(13)25(33)29(24(20)32)18-8-4-16(27)5-9-18/h2-10,14,19H,11-12H2,1H3/t14-,19+/m0/s1. The van der Waals surface area contributed by atoms with Gasteiger partial charge in [0.2, 0.25) is 11.8 Å². The Morgan fingerprint density at radius 3 is 1.88 bits per heavy atom. The topological polar surface area (TPSA) is 74.8 Å². The van der Waals surface area contributed by atoms with Crippen LogP contribution in [0.4, 0.5) is 11.4 Å². The van der Waals surface area contributed by atoms with Crippen LogP contribution in [-0.4, -0.2) is 23.6 Å². The molecular formula is C25H18Cl2N2O4. The molecule has 4 amide bonds. The summed E-state index contributed by atoms with van der Waals surface area (Å²) in [6, 6.07) is 13.0. The summed E-state index contributed by atoms with van der Waals surface area (Å²) in [5, 5.41) is 1.01. The van der Waals surface area contributed by atoms with Gasteiger partial charge in [0, 0.05) is 22.0 Å². The van der Waals surface area contributed by atoms with Gasteiger partial charge in [-0.15, -0.1) is 0 Å². The van der Waals surface area contributed by atoms with Gasteiger partial charge in [-0.3, -0.25) is 24.1 Å². The van der Waals surface area contributed by atoms with Gasteiger partial charge in [-0.25, -0.2) is 4.90 Å². The van der Waals surface area contributed by atoms with Crippen LogP contribution < -0.4 is 9.80 Å². The van der Waals surface area contributed by atoms with Crippen LogP contribution in [0.25, 0.3) is 0 Å². The van der Waals surface area contributed by atoms with Gasteiger partial charge < -0.3 is 0 Å². The van der Waals surface area contributed by atoms with Crippen LogP contribution in [-0.2, 0) is 19.2 Å². The molecule has 166 valence electrons. The number of amides is 4. The monoisotopic (exact) mass is 480 g/mol. The molecule has 2 atom stereocenters.